The molecule has 5 heteroatoms. The molecular weight excluding hydrogens is 356 g/mol. The van der Waals surface area contributed by atoms with E-state index < -0.39 is 0 Å². The van der Waals surface area contributed by atoms with Gasteiger partial charge in [-0.25, -0.2) is 4.98 Å². The molecule has 0 unspecified atom stereocenters. The van der Waals surface area contributed by atoms with Gasteiger partial charge in [0.05, 0.1) is 0 Å². The highest BCUT2D eigenvalue weighted by atomic mass is 32.2. The van der Waals surface area contributed by atoms with Gasteiger partial charge in [-0.05, 0) is 11.6 Å². The van der Waals surface area contributed by atoms with Gasteiger partial charge in [0, 0.05) is 36.2 Å². The van der Waals surface area contributed by atoms with Crippen LogP contribution in [0.15, 0.2) is 93.4 Å². The molecule has 2 aromatic carbocycles. The van der Waals surface area contributed by atoms with Crippen LogP contribution < -0.4 is 5.56 Å². The first-order valence-corrected chi connectivity index (χ1v) is 9.59. The minimum absolute atomic E-state index is 0.0181. The number of aryl methyl sites for hydroxylation is 1. The molecule has 4 rings (SSSR count). The minimum Gasteiger partial charge on any atom is -0.431 e. The van der Waals surface area contributed by atoms with Gasteiger partial charge in [0.15, 0.2) is 5.76 Å². The lowest BCUT2D eigenvalue weighted by Crippen LogP contribution is -2.14. The van der Waals surface area contributed by atoms with Crippen LogP contribution in [0, 0.1) is 0 Å². The van der Waals surface area contributed by atoms with E-state index in [-0.39, 0.29) is 5.56 Å². The normalized spacial score (nSPS) is 10.9. The molecule has 0 spiro atoms. The summed E-state index contributed by atoms with van der Waals surface area (Å²) in [5.74, 6) is 1.38. The minimum atomic E-state index is -0.0181. The third kappa shape index (κ3) is 3.88. The van der Waals surface area contributed by atoms with E-state index >= 15 is 0 Å². The zero-order chi connectivity index (χ0) is 18.6. The molecule has 0 atom stereocenters. The van der Waals surface area contributed by atoms with Crippen LogP contribution >= 0.6 is 11.8 Å². The lowest BCUT2D eigenvalue weighted by molar-refractivity contribution is 0.466. The Labute approximate surface area is 161 Å². The number of thioether (sulfide) groups is 1. The van der Waals surface area contributed by atoms with E-state index in [9.17, 15) is 4.79 Å². The van der Waals surface area contributed by atoms with Crippen LogP contribution in [0.5, 0.6) is 0 Å². The van der Waals surface area contributed by atoms with Crippen molar-refractivity contribution in [2.45, 2.75) is 11.0 Å². The van der Waals surface area contributed by atoms with E-state index in [1.165, 1.54) is 11.8 Å². The molecule has 0 amide bonds. The van der Waals surface area contributed by atoms with Gasteiger partial charge in [-0.15, -0.1) is 0 Å². The number of hydrogen-bond acceptors (Lipinski definition) is 4. The Morgan fingerprint density at radius 1 is 0.963 bits per heavy atom. The summed E-state index contributed by atoms with van der Waals surface area (Å²) < 4.78 is 7.66. The number of nitrogens with zero attached hydrogens (tertiary/aromatic N) is 2. The quantitative estimate of drug-likeness (QED) is 0.461. The van der Waals surface area contributed by atoms with Crippen LogP contribution in [0.2, 0.25) is 0 Å². The molecule has 2 heterocycles. The second-order valence-electron chi connectivity index (χ2n) is 6.16. The van der Waals surface area contributed by atoms with Crippen LogP contribution in [-0.4, -0.2) is 9.55 Å². The van der Waals surface area contributed by atoms with Crippen molar-refractivity contribution in [1.29, 1.82) is 0 Å². The highest BCUT2D eigenvalue weighted by Crippen LogP contribution is 2.36. The van der Waals surface area contributed by atoms with Crippen LogP contribution in [0.25, 0.3) is 22.6 Å². The summed E-state index contributed by atoms with van der Waals surface area (Å²) in [5.41, 5.74) is 3.76. The molecule has 27 heavy (non-hydrogen) atoms. The molecule has 0 bridgehead atoms. The number of benzene rings is 2. The third-order valence-corrected chi connectivity index (χ3v) is 5.12. The van der Waals surface area contributed by atoms with Crippen molar-refractivity contribution in [3.63, 3.8) is 0 Å². The molecule has 0 N–H and O–H groups in total. The Balaban J connectivity index is 1.66. The number of rotatable bonds is 5. The van der Waals surface area contributed by atoms with Crippen molar-refractivity contribution in [2.24, 2.45) is 7.05 Å². The Morgan fingerprint density at radius 3 is 2.30 bits per heavy atom. The first-order valence-electron chi connectivity index (χ1n) is 8.61. The highest BCUT2D eigenvalue weighted by molar-refractivity contribution is 7.98. The molecule has 0 aliphatic carbocycles. The van der Waals surface area contributed by atoms with Crippen molar-refractivity contribution in [2.75, 3.05) is 0 Å². The zero-order valence-electron chi connectivity index (χ0n) is 14.8. The number of hydrogen-bond donors (Lipinski definition) is 0. The first-order chi connectivity index (χ1) is 13.2. The molecular formula is C22H18N2O2S. The standard InChI is InChI=1S/C22H18N2O2S/c1-24-13-12-16(14-19(24)25)15-27-22-23-20(17-8-4-2-5-9-17)21(26-22)18-10-6-3-7-11-18/h2-14H,15H2,1H3. The van der Waals surface area contributed by atoms with E-state index in [4.69, 9.17) is 9.40 Å². The van der Waals surface area contributed by atoms with Crippen LogP contribution in [0.3, 0.4) is 0 Å². The predicted molar refractivity (Wildman–Crippen MR) is 109 cm³/mol. The fourth-order valence-corrected chi connectivity index (χ4v) is 3.53. The molecule has 4 aromatic rings. The van der Waals surface area contributed by atoms with Crippen molar-refractivity contribution in [3.05, 3.63) is 94.9 Å². The lowest BCUT2D eigenvalue weighted by atomic mass is 10.1. The van der Waals surface area contributed by atoms with Gasteiger partial charge in [0.1, 0.15) is 5.69 Å². The van der Waals surface area contributed by atoms with E-state index in [2.05, 4.69) is 0 Å². The van der Waals surface area contributed by atoms with Crippen LogP contribution in [0.4, 0.5) is 0 Å². The van der Waals surface area contributed by atoms with E-state index in [0.717, 1.165) is 28.1 Å². The fourth-order valence-electron chi connectivity index (χ4n) is 2.76. The smallest absolute Gasteiger partial charge is 0.257 e. The molecule has 2 aromatic heterocycles. The van der Waals surface area contributed by atoms with Crippen LogP contribution in [-0.2, 0) is 12.8 Å². The lowest BCUT2D eigenvalue weighted by Gasteiger charge is -2.01. The summed E-state index contributed by atoms with van der Waals surface area (Å²) in [7, 11) is 1.74. The highest BCUT2D eigenvalue weighted by Gasteiger charge is 2.17. The third-order valence-electron chi connectivity index (χ3n) is 4.22. The van der Waals surface area contributed by atoms with Crippen LogP contribution in [0.1, 0.15) is 5.56 Å². The van der Waals surface area contributed by atoms with Crippen molar-refractivity contribution >= 4 is 11.8 Å². The zero-order valence-corrected chi connectivity index (χ0v) is 15.6. The molecule has 0 saturated heterocycles. The maximum Gasteiger partial charge on any atom is 0.257 e. The molecule has 0 saturated carbocycles. The number of aromatic nitrogens is 2. The van der Waals surface area contributed by atoms with Gasteiger partial charge in [-0.2, -0.15) is 0 Å². The summed E-state index contributed by atoms with van der Waals surface area (Å²) in [6.07, 6.45) is 1.78. The molecule has 0 aliphatic rings. The van der Waals surface area contributed by atoms with E-state index in [1.807, 2.05) is 66.7 Å². The Bertz CT molecular complexity index is 1050. The molecule has 4 nitrogen and oxygen atoms in total. The second kappa shape index (κ2) is 7.68. The molecule has 0 aliphatic heterocycles. The summed E-state index contributed by atoms with van der Waals surface area (Å²) in [5, 5.41) is 0.591. The van der Waals surface area contributed by atoms with Crippen molar-refractivity contribution in [3.8, 4) is 22.6 Å². The van der Waals surface area contributed by atoms with Crippen molar-refractivity contribution in [1.82, 2.24) is 9.55 Å². The maximum absolute atomic E-state index is 11.8. The monoisotopic (exact) mass is 374 g/mol. The molecule has 0 radical (unpaired) electrons. The molecule has 134 valence electrons. The van der Waals surface area contributed by atoms with Gasteiger partial charge >= 0.3 is 0 Å². The van der Waals surface area contributed by atoms with Gasteiger partial charge in [-0.1, -0.05) is 72.4 Å². The average Bonchev–Trinajstić information content (AvgIpc) is 3.15. The topological polar surface area (TPSA) is 48.0 Å². The van der Waals surface area contributed by atoms with E-state index in [0.29, 0.717) is 11.0 Å². The van der Waals surface area contributed by atoms with Gasteiger partial charge in [0.2, 0.25) is 0 Å². The Kier molecular flexibility index (Phi) is 4.94. The van der Waals surface area contributed by atoms with Gasteiger partial charge in [-0.3, -0.25) is 4.79 Å². The summed E-state index contributed by atoms with van der Waals surface area (Å²) in [6.45, 7) is 0. The van der Waals surface area contributed by atoms with E-state index in [1.54, 1.807) is 23.9 Å². The first kappa shape index (κ1) is 17.4. The maximum atomic E-state index is 11.8. The molecule has 0 fully saturated rings. The largest absolute Gasteiger partial charge is 0.431 e. The number of oxazole rings is 1. The predicted octanol–water partition coefficient (Wildman–Crippen LogP) is 5.00. The van der Waals surface area contributed by atoms with Gasteiger partial charge < -0.3 is 8.98 Å². The summed E-state index contributed by atoms with van der Waals surface area (Å²) in [6, 6.07) is 23.6. The number of pyridine rings is 1. The fraction of sp³-hybridized carbons (Fsp3) is 0.0909. The summed E-state index contributed by atoms with van der Waals surface area (Å²) >= 11 is 1.49. The average molecular weight is 374 g/mol. The second-order valence-corrected chi connectivity index (χ2v) is 7.09. The summed E-state index contributed by atoms with van der Waals surface area (Å²) in [4.78, 5) is 16.5. The Hall–Kier alpha value is -3.05. The van der Waals surface area contributed by atoms with Crippen molar-refractivity contribution < 1.29 is 4.42 Å². The van der Waals surface area contributed by atoms with Gasteiger partial charge in [0.25, 0.3) is 10.8 Å². The Morgan fingerprint density at radius 2 is 1.63 bits per heavy atom. The SMILES string of the molecule is Cn1ccc(CSc2nc(-c3ccccc3)c(-c3ccccc3)o2)cc1=O.